The molecule has 2 aliphatic rings. The van der Waals surface area contributed by atoms with Crippen molar-refractivity contribution in [2.45, 2.75) is 35.6 Å². The van der Waals surface area contributed by atoms with Crippen LogP contribution >= 0.6 is 0 Å². The molecule has 0 unspecified atom stereocenters. The van der Waals surface area contributed by atoms with Gasteiger partial charge in [0.05, 0.1) is 10.4 Å². The van der Waals surface area contributed by atoms with Gasteiger partial charge in [-0.1, -0.05) is 48.5 Å². The first-order valence-electron chi connectivity index (χ1n) is 7.70. The van der Waals surface area contributed by atoms with Crippen LogP contribution in [0.2, 0.25) is 0 Å². The summed E-state index contributed by atoms with van der Waals surface area (Å²) in [6.07, 6.45) is 1.31. The second-order valence-electron chi connectivity index (χ2n) is 6.42. The minimum absolute atomic E-state index is 0.0336. The lowest BCUT2D eigenvalue weighted by Crippen LogP contribution is -2.45. The van der Waals surface area contributed by atoms with Crippen molar-refractivity contribution in [1.82, 2.24) is 4.72 Å². The molecule has 4 nitrogen and oxygen atoms in total. The molecule has 2 aromatic carbocycles. The molecule has 0 bridgehead atoms. The van der Waals surface area contributed by atoms with Crippen molar-refractivity contribution in [3.63, 3.8) is 0 Å². The molecule has 23 heavy (non-hydrogen) atoms. The van der Waals surface area contributed by atoms with E-state index in [1.54, 1.807) is 12.1 Å². The first-order valence-corrected chi connectivity index (χ1v) is 9.19. The molecule has 1 heterocycles. The van der Waals surface area contributed by atoms with Crippen molar-refractivity contribution in [2.24, 2.45) is 0 Å². The predicted octanol–water partition coefficient (Wildman–Crippen LogP) is 2.71. The van der Waals surface area contributed by atoms with Crippen LogP contribution in [0.25, 0.3) is 0 Å². The molecule has 1 spiro atoms. The standard InChI is InChI=1S/C18H17NO3S/c20-15-10-14(13-6-2-1-3-7-13)11-18(12-15)16-8-4-5-9-17(16)23(21,22)19-18/h1-9,14,19H,10-12H2/t14-,18+/m1/s1. The number of fused-ring (bicyclic) bond motifs is 2. The minimum Gasteiger partial charge on any atom is -0.300 e. The van der Waals surface area contributed by atoms with Crippen LogP contribution in [0.3, 0.4) is 0 Å². The van der Waals surface area contributed by atoms with Crippen LogP contribution in [-0.2, 0) is 20.4 Å². The first-order chi connectivity index (χ1) is 11.0. The molecule has 0 radical (unpaired) electrons. The highest BCUT2D eigenvalue weighted by Gasteiger charge is 2.51. The van der Waals surface area contributed by atoms with Gasteiger partial charge in [0.25, 0.3) is 0 Å². The number of hydrogen-bond acceptors (Lipinski definition) is 3. The highest BCUT2D eigenvalue weighted by Crippen LogP contribution is 2.48. The van der Waals surface area contributed by atoms with E-state index < -0.39 is 15.6 Å². The average Bonchev–Trinajstić information content (AvgIpc) is 2.75. The van der Waals surface area contributed by atoms with Crippen LogP contribution in [0.1, 0.15) is 36.3 Å². The number of Topliss-reactive ketones (excluding diaryl/α,β-unsaturated/α-hetero) is 1. The normalized spacial score (nSPS) is 28.7. The third kappa shape index (κ3) is 2.31. The number of benzene rings is 2. The van der Waals surface area contributed by atoms with Gasteiger partial charge in [-0.2, -0.15) is 0 Å². The molecular weight excluding hydrogens is 310 g/mol. The molecule has 1 saturated carbocycles. The fraction of sp³-hybridized carbons (Fsp3) is 0.278. The molecular formula is C18H17NO3S. The summed E-state index contributed by atoms with van der Waals surface area (Å²) in [4.78, 5) is 12.7. The minimum atomic E-state index is -3.54. The zero-order valence-electron chi connectivity index (χ0n) is 12.5. The Morgan fingerprint density at radius 1 is 1.00 bits per heavy atom. The van der Waals surface area contributed by atoms with Crippen molar-refractivity contribution in [3.8, 4) is 0 Å². The summed E-state index contributed by atoms with van der Waals surface area (Å²) in [6, 6.07) is 16.9. The number of nitrogens with one attached hydrogen (secondary N) is 1. The van der Waals surface area contributed by atoms with Gasteiger partial charge in [-0.3, -0.25) is 4.79 Å². The number of hydrogen-bond donors (Lipinski definition) is 1. The van der Waals surface area contributed by atoms with Crippen molar-refractivity contribution in [2.75, 3.05) is 0 Å². The summed E-state index contributed by atoms with van der Waals surface area (Å²) < 4.78 is 27.7. The molecule has 1 fully saturated rings. The van der Waals surface area contributed by atoms with E-state index in [2.05, 4.69) is 4.72 Å². The summed E-state index contributed by atoms with van der Waals surface area (Å²) >= 11 is 0. The summed E-state index contributed by atoms with van der Waals surface area (Å²) in [5, 5.41) is 0. The van der Waals surface area contributed by atoms with E-state index in [1.807, 2.05) is 42.5 Å². The van der Waals surface area contributed by atoms with Gasteiger partial charge >= 0.3 is 0 Å². The summed E-state index contributed by atoms with van der Waals surface area (Å²) in [5.41, 5.74) is 1.02. The Balaban J connectivity index is 1.81. The topological polar surface area (TPSA) is 63.2 Å². The number of carbonyl (C=O) groups is 1. The maximum Gasteiger partial charge on any atom is 0.241 e. The van der Waals surface area contributed by atoms with E-state index >= 15 is 0 Å². The Labute approximate surface area is 135 Å². The Morgan fingerprint density at radius 2 is 1.70 bits per heavy atom. The molecule has 1 aliphatic heterocycles. The van der Waals surface area contributed by atoms with Crippen LogP contribution in [0.4, 0.5) is 0 Å². The molecule has 1 N–H and O–H groups in total. The largest absolute Gasteiger partial charge is 0.300 e. The molecule has 0 amide bonds. The lowest BCUT2D eigenvalue weighted by Gasteiger charge is -2.37. The third-order valence-electron chi connectivity index (χ3n) is 4.86. The molecule has 2 atom stereocenters. The zero-order valence-corrected chi connectivity index (χ0v) is 13.3. The predicted molar refractivity (Wildman–Crippen MR) is 86.5 cm³/mol. The zero-order chi connectivity index (χ0) is 16.1. The molecule has 1 aliphatic carbocycles. The Morgan fingerprint density at radius 3 is 2.48 bits per heavy atom. The molecule has 0 aromatic heterocycles. The fourth-order valence-corrected chi connectivity index (χ4v) is 5.66. The quantitative estimate of drug-likeness (QED) is 0.876. The summed E-state index contributed by atoms with van der Waals surface area (Å²) in [7, 11) is -3.54. The highest BCUT2D eigenvalue weighted by molar-refractivity contribution is 7.89. The van der Waals surface area contributed by atoms with Crippen LogP contribution in [-0.4, -0.2) is 14.2 Å². The van der Waals surface area contributed by atoms with E-state index in [1.165, 1.54) is 0 Å². The highest BCUT2D eigenvalue weighted by atomic mass is 32.2. The second-order valence-corrected chi connectivity index (χ2v) is 8.07. The van der Waals surface area contributed by atoms with Crippen molar-refractivity contribution in [1.29, 1.82) is 0 Å². The molecule has 0 saturated heterocycles. The Kier molecular flexibility index (Phi) is 3.18. The van der Waals surface area contributed by atoms with E-state index in [-0.39, 0.29) is 18.1 Å². The van der Waals surface area contributed by atoms with E-state index in [4.69, 9.17) is 0 Å². The maximum atomic E-state index is 12.5. The van der Waals surface area contributed by atoms with Crippen LogP contribution in [0.5, 0.6) is 0 Å². The Hall–Kier alpha value is -1.98. The molecule has 4 rings (SSSR count). The van der Waals surface area contributed by atoms with Gasteiger partial charge in [0.1, 0.15) is 5.78 Å². The van der Waals surface area contributed by atoms with E-state index in [0.29, 0.717) is 17.7 Å². The monoisotopic (exact) mass is 327 g/mol. The number of rotatable bonds is 1. The smallest absolute Gasteiger partial charge is 0.241 e. The lowest BCUT2D eigenvalue weighted by atomic mass is 9.70. The second kappa shape index (κ2) is 5.01. The van der Waals surface area contributed by atoms with Gasteiger partial charge in [0.2, 0.25) is 10.0 Å². The van der Waals surface area contributed by atoms with E-state index in [0.717, 1.165) is 11.1 Å². The molecule has 118 valence electrons. The van der Waals surface area contributed by atoms with Crippen LogP contribution in [0.15, 0.2) is 59.5 Å². The van der Waals surface area contributed by atoms with Gasteiger partial charge in [-0.15, -0.1) is 0 Å². The maximum absolute atomic E-state index is 12.5. The number of sulfonamides is 1. The molecule has 5 heteroatoms. The number of ketones is 1. The van der Waals surface area contributed by atoms with Gasteiger partial charge in [0.15, 0.2) is 0 Å². The first kappa shape index (κ1) is 14.6. The van der Waals surface area contributed by atoms with Gasteiger partial charge in [0, 0.05) is 12.8 Å². The fourth-order valence-electron chi connectivity index (χ4n) is 3.96. The van der Waals surface area contributed by atoms with E-state index in [9.17, 15) is 13.2 Å². The number of carbonyl (C=O) groups excluding carboxylic acids is 1. The van der Waals surface area contributed by atoms with Crippen molar-refractivity contribution in [3.05, 3.63) is 65.7 Å². The third-order valence-corrected chi connectivity index (χ3v) is 6.46. The molecule has 2 aromatic rings. The van der Waals surface area contributed by atoms with Gasteiger partial charge in [-0.05, 0) is 29.5 Å². The van der Waals surface area contributed by atoms with Gasteiger partial charge in [-0.25, -0.2) is 13.1 Å². The summed E-state index contributed by atoms with van der Waals surface area (Å²) in [6.45, 7) is 0. The average molecular weight is 327 g/mol. The Bertz CT molecular complexity index is 876. The van der Waals surface area contributed by atoms with Crippen LogP contribution < -0.4 is 4.72 Å². The summed E-state index contributed by atoms with van der Waals surface area (Å²) in [5.74, 6) is 0.135. The van der Waals surface area contributed by atoms with Gasteiger partial charge < -0.3 is 0 Å². The van der Waals surface area contributed by atoms with Crippen LogP contribution in [0, 0.1) is 0 Å². The SMILES string of the molecule is O=C1C[C@@H](c2ccccc2)C[C@@]2(C1)NS(=O)(=O)c1ccccc12. The lowest BCUT2D eigenvalue weighted by molar-refractivity contribution is -0.122. The van der Waals surface area contributed by atoms with Crippen molar-refractivity contribution < 1.29 is 13.2 Å². The van der Waals surface area contributed by atoms with Crippen molar-refractivity contribution >= 4 is 15.8 Å².